The minimum Gasteiger partial charge on any atom is -0.400 e. The van der Waals surface area contributed by atoms with Gasteiger partial charge in [0, 0.05) is 73.4 Å². The Bertz CT molecular complexity index is 3960. The fraction of sp³-hybridized carbons (Fsp3) is 0.385. The summed E-state index contributed by atoms with van der Waals surface area (Å²) in [5.41, 5.74) is 12.6. The maximum Gasteiger partial charge on any atom is 0.294 e. The van der Waals surface area contributed by atoms with Crippen LogP contribution >= 0.6 is 37.5 Å². The number of nitrogen functional groups attached to an aromatic ring is 1. The van der Waals surface area contributed by atoms with E-state index in [4.69, 9.17) is 34.0 Å². The second kappa shape index (κ2) is 26.2. The lowest BCUT2D eigenvalue weighted by molar-refractivity contribution is -0.384. The highest BCUT2D eigenvalue weighted by Gasteiger charge is 2.48. The molecule has 4 aliphatic rings. The first kappa shape index (κ1) is 63.9. The summed E-state index contributed by atoms with van der Waals surface area (Å²) in [5, 5.41) is 38.1. The zero-order valence-corrected chi connectivity index (χ0v) is 54.8. The van der Waals surface area contributed by atoms with E-state index < -0.39 is 14.3 Å². The number of hydrogen-bond acceptors (Lipinski definition) is 18. The number of nitrogens with two attached hydrogens (primary N) is 1. The fourth-order valence-corrected chi connectivity index (χ4v) is 16.5. The third-order valence-electron chi connectivity index (χ3n) is 18.0. The van der Waals surface area contributed by atoms with Crippen LogP contribution in [0.5, 0.6) is 0 Å². The lowest BCUT2D eigenvalue weighted by atomic mass is 9.60. The smallest absolute Gasteiger partial charge is 0.294 e. The highest BCUT2D eigenvalue weighted by Crippen LogP contribution is 2.53. The molecule has 12 rings (SSSR count). The van der Waals surface area contributed by atoms with Gasteiger partial charge in [-0.05, 0) is 181 Å². The lowest BCUT2D eigenvalue weighted by Gasteiger charge is -2.54. The quantitative estimate of drug-likeness (QED) is 0.0242. The summed E-state index contributed by atoms with van der Waals surface area (Å²) in [4.78, 5) is 38.9. The summed E-state index contributed by atoms with van der Waals surface area (Å²) in [6.45, 7) is 10.7. The Kier molecular flexibility index (Phi) is 19.0. The minimum absolute atomic E-state index is 0.0421. The number of fused-ring (bicyclic) bond motifs is 2. The van der Waals surface area contributed by atoms with Crippen LogP contribution in [0.4, 0.5) is 69.0 Å². The van der Waals surface area contributed by atoms with Crippen LogP contribution in [-0.4, -0.2) is 140 Å². The Morgan fingerprint density at radius 2 is 0.989 bits per heavy atom. The average Bonchev–Trinajstić information content (AvgIpc) is 1.15. The second-order valence-corrected chi connectivity index (χ2v) is 32.2. The number of aliphatic hydroxyl groups excluding tert-OH is 1. The number of nitro groups is 1. The molecule has 7 N–H and O–H groups in total. The third-order valence-corrected chi connectivity index (χ3v) is 21.7. The van der Waals surface area contributed by atoms with Crippen molar-refractivity contribution in [1.29, 1.82) is 0 Å². The van der Waals surface area contributed by atoms with Crippen molar-refractivity contribution in [2.45, 2.75) is 63.5 Å². The molecule has 0 radical (unpaired) electrons. The van der Waals surface area contributed by atoms with Crippen molar-refractivity contribution in [2.24, 2.45) is 10.8 Å². The lowest BCUT2D eigenvalue weighted by Crippen LogP contribution is -2.53. The number of nitrogens with one attached hydrogen (secondary N) is 4. The van der Waals surface area contributed by atoms with Crippen LogP contribution < -0.4 is 47.4 Å². The molecule has 0 atom stereocenters. The predicted octanol–water partition coefficient (Wildman–Crippen LogP) is 13.8. The number of rotatable bonds is 15. The molecule has 0 unspecified atom stereocenters. The maximum atomic E-state index is 13.4. The number of aliphatic hydroxyl groups is 1. The van der Waals surface area contributed by atoms with Gasteiger partial charge in [0.15, 0.2) is 11.6 Å². The summed E-state index contributed by atoms with van der Waals surface area (Å²) in [5.74, 6) is 1.36. The molecule has 19 nitrogen and oxygen atoms in total. The van der Waals surface area contributed by atoms with Gasteiger partial charge >= 0.3 is 0 Å². The Morgan fingerprint density at radius 3 is 1.39 bits per heavy atom. The first-order chi connectivity index (χ1) is 41.9. The molecule has 2 aromatic heterocycles. The van der Waals surface area contributed by atoms with Crippen LogP contribution in [-0.2, 0) is 9.13 Å². The number of nitrogens with zero attached hydrogens (tertiary/aromatic N) is 9. The van der Waals surface area contributed by atoms with Crippen LogP contribution in [0.25, 0.3) is 21.5 Å². The van der Waals surface area contributed by atoms with Gasteiger partial charge in [0.1, 0.15) is 30.0 Å². The fourth-order valence-electron chi connectivity index (χ4n) is 13.2. The molecule has 2 saturated carbocycles. The van der Waals surface area contributed by atoms with Gasteiger partial charge in [-0.1, -0.05) is 83.9 Å². The molecule has 4 fully saturated rings. The second-order valence-electron chi connectivity index (χ2n) is 25.1. The maximum absolute atomic E-state index is 13.4. The van der Waals surface area contributed by atoms with Crippen molar-refractivity contribution in [2.75, 3.05) is 125 Å². The molecule has 2 spiro atoms. The summed E-state index contributed by atoms with van der Waals surface area (Å²) in [6, 6.07) is 36.1. The molecular weight excluding hydrogens is 1190 g/mol. The van der Waals surface area contributed by atoms with E-state index >= 15 is 0 Å². The molecule has 2 saturated heterocycles. The van der Waals surface area contributed by atoms with Crippen LogP contribution in [0.1, 0.15) is 51.4 Å². The number of piperidine rings is 2. The van der Waals surface area contributed by atoms with Crippen molar-refractivity contribution in [3.63, 3.8) is 0 Å². The summed E-state index contributed by atoms with van der Waals surface area (Å²) >= 11 is 13.0. The molecule has 0 amide bonds. The van der Waals surface area contributed by atoms with E-state index in [0.717, 1.165) is 96.1 Å². The normalized spacial score (nSPS) is 17.2. The molecule has 0 bridgehead atoms. The van der Waals surface area contributed by atoms with Crippen LogP contribution in [0.15, 0.2) is 122 Å². The van der Waals surface area contributed by atoms with E-state index in [-0.39, 0.29) is 21.6 Å². The molecule has 8 aromatic rings. The van der Waals surface area contributed by atoms with Crippen LogP contribution in [0, 0.1) is 20.9 Å². The topological polar surface area (TPSA) is 236 Å². The molecule has 23 heteroatoms. The van der Waals surface area contributed by atoms with Gasteiger partial charge in [0.05, 0.1) is 40.1 Å². The number of nitro benzene ring substituents is 1. The molecule has 4 heterocycles. The van der Waals surface area contributed by atoms with Crippen molar-refractivity contribution in [1.82, 2.24) is 29.7 Å². The Morgan fingerprint density at radius 1 is 0.591 bits per heavy atom. The molecular formula is C65H80Cl2N14O5P2. The van der Waals surface area contributed by atoms with Crippen LogP contribution in [0.3, 0.4) is 0 Å². The summed E-state index contributed by atoms with van der Waals surface area (Å²) in [7, 11) is 4.30. The number of benzene rings is 6. The van der Waals surface area contributed by atoms with Gasteiger partial charge in [-0.25, -0.2) is 9.97 Å². The van der Waals surface area contributed by atoms with E-state index in [1.54, 1.807) is 38.9 Å². The van der Waals surface area contributed by atoms with Gasteiger partial charge in [-0.3, -0.25) is 10.1 Å². The van der Waals surface area contributed by atoms with Gasteiger partial charge < -0.3 is 60.8 Å². The highest BCUT2D eigenvalue weighted by atomic mass is 35.5. The van der Waals surface area contributed by atoms with Gasteiger partial charge in [0.2, 0.25) is 11.9 Å². The molecule has 88 heavy (non-hydrogen) atoms. The van der Waals surface area contributed by atoms with Crippen molar-refractivity contribution >= 4 is 139 Å². The van der Waals surface area contributed by atoms with E-state index in [2.05, 4.69) is 95.1 Å². The van der Waals surface area contributed by atoms with E-state index in [0.29, 0.717) is 67.5 Å². The number of anilines is 11. The molecule has 464 valence electrons. The SMILES string of the molecule is CN(C)C1CC2(CCN(c3ccc(Nc4ncc(Cl)c(Nc5ccc6ccccc6c5P(C)(C)=O)n4)cc3N)CC2)C1.CN(C)C1CC2(CCN(c3ccc(Nc4ncc(Cl)c(Nc5ccc6ccccc6c5P(C)(C)=O)n4)cc3[N+](=O)[O-])CC2)C1.CO. The molecule has 6 aromatic carbocycles. The summed E-state index contributed by atoms with van der Waals surface area (Å²) in [6.07, 6.45) is 12.6. The van der Waals surface area contributed by atoms with Gasteiger partial charge in [-0.15, -0.1) is 0 Å². The monoisotopic (exact) mass is 1270 g/mol. The Hall–Kier alpha value is -7.08. The van der Waals surface area contributed by atoms with E-state index in [1.165, 1.54) is 50.8 Å². The molecule has 2 aliphatic carbocycles. The highest BCUT2D eigenvalue weighted by molar-refractivity contribution is 7.71. The zero-order valence-electron chi connectivity index (χ0n) is 51.5. The van der Waals surface area contributed by atoms with Crippen molar-refractivity contribution < 1.29 is 19.2 Å². The first-order valence-corrected chi connectivity index (χ1v) is 35.6. The van der Waals surface area contributed by atoms with Gasteiger partial charge in [-0.2, -0.15) is 9.97 Å². The minimum atomic E-state index is -2.70. The van der Waals surface area contributed by atoms with Crippen molar-refractivity contribution in [3.8, 4) is 0 Å². The Labute approximate surface area is 525 Å². The van der Waals surface area contributed by atoms with E-state index in [9.17, 15) is 19.2 Å². The number of aromatic nitrogens is 4. The standard InChI is InChI=1S/C32H37ClN7O3P.C32H39ClN7OP.CH4O/c1-38(2)23-18-32(19-23)13-15-39(16-14-32)27-12-10-22(17-28(27)40(41)42)35-31-34-20-25(33)30(37-31)36-26-11-9-21-7-5-6-8-24(21)29(26)44(3,4)43;1-39(2)23-18-32(19-23)13-15-40(16-14-32)28-12-10-22(17-26(28)34)36-31-35-20-25(33)30(38-31)37-27-11-9-21-7-5-6-8-24(21)29(27)42(3,4)41;1-2/h5-12,17,20,23H,13-16,18-19H2,1-4H3,(H2,34,35,36,37);5-12,17,20,23H,13-16,18-19,34H2,1-4H3,(H2,35,36,37,38);2H,1H3. The number of hydrogen-bond donors (Lipinski definition) is 6. The largest absolute Gasteiger partial charge is 0.400 e. The average molecular weight is 1270 g/mol. The van der Waals surface area contributed by atoms with Gasteiger partial charge in [0.25, 0.3) is 5.69 Å². The predicted molar refractivity (Wildman–Crippen MR) is 367 cm³/mol. The van der Waals surface area contributed by atoms with Crippen molar-refractivity contribution in [3.05, 3.63) is 142 Å². The molecule has 2 aliphatic heterocycles. The van der Waals surface area contributed by atoms with Crippen LogP contribution in [0.2, 0.25) is 10.0 Å². The zero-order chi connectivity index (χ0) is 62.9. The summed E-state index contributed by atoms with van der Waals surface area (Å²) < 4.78 is 26.7. The third kappa shape index (κ3) is 14.0. The number of halogens is 2. The Balaban J connectivity index is 0.000000189. The first-order valence-electron chi connectivity index (χ1n) is 29.7. The van der Waals surface area contributed by atoms with E-state index in [1.807, 2.05) is 91.0 Å².